The summed E-state index contributed by atoms with van der Waals surface area (Å²) in [7, 11) is -4.85. The molecule has 0 spiro atoms. The second kappa shape index (κ2) is 17.4. The summed E-state index contributed by atoms with van der Waals surface area (Å²) in [6.07, 6.45) is 0. The SMILES string of the molecule is CC(C)(C)c1ccc(C#Cc2cc([Si](C)(C)C#Cc3ccc(C(C)(C)C)cc3)c(C#Cc3ccc(C(C)(C)C)cc3)cc2[Si](C)(C)C#Cc2ccc(C(C)(C)C)cc2)cc1. The van der Waals surface area contributed by atoms with Gasteiger partial charge in [-0.1, -0.05) is 193 Å². The zero-order chi connectivity index (χ0) is 44.3. The van der Waals surface area contributed by atoms with Gasteiger partial charge in [-0.25, -0.2) is 0 Å². The third-order valence-electron chi connectivity index (χ3n) is 11.2. The van der Waals surface area contributed by atoms with Crippen molar-refractivity contribution in [1.29, 1.82) is 0 Å². The molecule has 0 aliphatic rings. The minimum absolute atomic E-state index is 0.0762. The predicted molar refractivity (Wildman–Crippen MR) is 267 cm³/mol. The van der Waals surface area contributed by atoms with Crippen LogP contribution < -0.4 is 10.4 Å². The van der Waals surface area contributed by atoms with Crippen molar-refractivity contribution in [3.63, 3.8) is 0 Å². The van der Waals surface area contributed by atoms with Gasteiger partial charge < -0.3 is 0 Å². The summed E-state index contributed by atoms with van der Waals surface area (Å²) in [5.41, 5.74) is 19.3. The quantitative estimate of drug-likeness (QED) is 0.123. The Morgan fingerprint density at radius 2 is 0.517 bits per heavy atom. The van der Waals surface area contributed by atoms with Crippen LogP contribution in [-0.2, 0) is 21.7 Å². The first kappa shape index (κ1) is 45.9. The van der Waals surface area contributed by atoms with Gasteiger partial charge in [0.25, 0.3) is 0 Å². The molecule has 0 bridgehead atoms. The maximum atomic E-state index is 3.81. The monoisotopic (exact) mass is 818 g/mol. The molecule has 0 saturated heterocycles. The molecule has 0 aromatic heterocycles. The van der Waals surface area contributed by atoms with Crippen molar-refractivity contribution < 1.29 is 0 Å². The van der Waals surface area contributed by atoms with Crippen LogP contribution in [0.15, 0.2) is 109 Å². The summed E-state index contributed by atoms with van der Waals surface area (Å²) < 4.78 is 0. The summed E-state index contributed by atoms with van der Waals surface area (Å²) in [5.74, 6) is 21.7. The summed E-state index contributed by atoms with van der Waals surface area (Å²) in [6.45, 7) is 36.3. The molecule has 2 heteroatoms. The van der Waals surface area contributed by atoms with Crippen molar-refractivity contribution in [1.82, 2.24) is 0 Å². The highest BCUT2D eigenvalue weighted by Crippen LogP contribution is 2.25. The lowest BCUT2D eigenvalue weighted by molar-refractivity contribution is 0.590. The molecular weight excluding hydrogens is 753 g/mol. The molecule has 60 heavy (non-hydrogen) atoms. The average Bonchev–Trinajstić information content (AvgIpc) is 3.17. The van der Waals surface area contributed by atoms with Gasteiger partial charge in [0.2, 0.25) is 0 Å². The molecule has 0 aliphatic carbocycles. The Kier molecular flexibility index (Phi) is 13.3. The molecule has 0 atom stereocenters. The zero-order valence-corrected chi connectivity index (χ0v) is 41.4. The maximum Gasteiger partial charge on any atom is 0.164 e. The molecule has 0 N–H and O–H groups in total. The van der Waals surface area contributed by atoms with Crippen LogP contribution in [0.2, 0.25) is 26.2 Å². The Bertz CT molecular complexity index is 2390. The number of rotatable bonds is 2. The van der Waals surface area contributed by atoms with Crippen LogP contribution in [0.3, 0.4) is 0 Å². The van der Waals surface area contributed by atoms with Crippen LogP contribution in [0.25, 0.3) is 0 Å². The van der Waals surface area contributed by atoms with E-state index >= 15 is 0 Å². The van der Waals surface area contributed by atoms with Crippen molar-refractivity contribution in [2.45, 2.75) is 131 Å². The van der Waals surface area contributed by atoms with Crippen LogP contribution in [-0.4, -0.2) is 16.1 Å². The van der Waals surface area contributed by atoms with E-state index in [0.29, 0.717) is 0 Å². The van der Waals surface area contributed by atoms with Gasteiger partial charge in [0.15, 0.2) is 16.1 Å². The Balaban J connectivity index is 1.72. The van der Waals surface area contributed by atoms with E-state index < -0.39 is 16.1 Å². The van der Waals surface area contributed by atoms with E-state index in [0.717, 1.165) is 33.4 Å². The average molecular weight is 819 g/mol. The third-order valence-corrected chi connectivity index (χ3v) is 16.3. The van der Waals surface area contributed by atoms with E-state index in [4.69, 9.17) is 0 Å². The van der Waals surface area contributed by atoms with Gasteiger partial charge in [-0.2, -0.15) is 0 Å². The topological polar surface area (TPSA) is 0 Å². The second-order valence-electron chi connectivity index (χ2n) is 21.5. The minimum Gasteiger partial charge on any atom is -0.121 e. The van der Waals surface area contributed by atoms with Gasteiger partial charge >= 0.3 is 0 Å². The molecule has 5 aromatic carbocycles. The largest absolute Gasteiger partial charge is 0.164 e. The number of hydrogen-bond donors (Lipinski definition) is 0. The highest BCUT2D eigenvalue weighted by Gasteiger charge is 2.31. The molecule has 5 aromatic rings. The van der Waals surface area contributed by atoms with Gasteiger partial charge in [0.05, 0.1) is 0 Å². The molecule has 0 nitrogen and oxygen atoms in total. The molecule has 5 rings (SSSR count). The van der Waals surface area contributed by atoms with E-state index in [9.17, 15) is 0 Å². The van der Waals surface area contributed by atoms with Gasteiger partial charge in [-0.15, -0.1) is 11.1 Å². The van der Waals surface area contributed by atoms with E-state index in [1.807, 2.05) is 0 Å². The van der Waals surface area contributed by atoms with E-state index in [-0.39, 0.29) is 21.7 Å². The molecule has 0 amide bonds. The lowest BCUT2D eigenvalue weighted by Crippen LogP contribution is -2.48. The van der Waals surface area contributed by atoms with Gasteiger partial charge in [-0.05, 0) is 115 Å². The highest BCUT2D eigenvalue weighted by molar-refractivity contribution is 6.98. The molecule has 0 unspecified atom stereocenters. The Hall–Kier alpha value is -5.23. The van der Waals surface area contributed by atoms with Crippen molar-refractivity contribution in [2.24, 2.45) is 0 Å². The summed E-state index contributed by atoms with van der Waals surface area (Å²) in [5, 5.41) is 2.40. The lowest BCUT2D eigenvalue weighted by Gasteiger charge is -2.24. The summed E-state index contributed by atoms with van der Waals surface area (Å²) in [6, 6.07) is 39.6. The smallest absolute Gasteiger partial charge is 0.121 e. The Morgan fingerprint density at radius 1 is 0.300 bits per heavy atom. The highest BCUT2D eigenvalue weighted by atomic mass is 28.3. The Labute approximate surface area is 367 Å². The van der Waals surface area contributed by atoms with Gasteiger partial charge in [-0.3, -0.25) is 0 Å². The molecular formula is C58H66Si2. The maximum absolute atomic E-state index is 3.81. The Morgan fingerprint density at radius 3 is 0.733 bits per heavy atom. The first-order valence-corrected chi connectivity index (χ1v) is 27.4. The van der Waals surface area contributed by atoms with Gasteiger partial charge in [0.1, 0.15) is 0 Å². The van der Waals surface area contributed by atoms with Crippen LogP contribution in [0.5, 0.6) is 0 Å². The van der Waals surface area contributed by atoms with E-state index in [2.05, 4.69) is 265 Å². The molecule has 0 saturated carbocycles. The third kappa shape index (κ3) is 12.0. The first-order valence-electron chi connectivity index (χ1n) is 21.4. The molecule has 0 radical (unpaired) electrons. The fourth-order valence-corrected chi connectivity index (χ4v) is 10.7. The van der Waals surface area contributed by atoms with Crippen molar-refractivity contribution in [3.8, 4) is 46.6 Å². The van der Waals surface area contributed by atoms with Crippen molar-refractivity contribution >= 4 is 26.5 Å². The molecule has 0 fully saturated rings. The number of hydrogen-bond acceptors (Lipinski definition) is 0. The van der Waals surface area contributed by atoms with Gasteiger partial charge in [0, 0.05) is 33.4 Å². The van der Waals surface area contributed by atoms with Crippen LogP contribution in [0.1, 0.15) is 139 Å². The fraction of sp³-hybridized carbons (Fsp3) is 0.345. The first-order chi connectivity index (χ1) is 27.7. The van der Waals surface area contributed by atoms with Crippen LogP contribution in [0, 0.1) is 46.6 Å². The van der Waals surface area contributed by atoms with Crippen molar-refractivity contribution in [3.05, 3.63) is 165 Å². The fourth-order valence-electron chi connectivity index (χ4n) is 6.93. The normalized spacial score (nSPS) is 12.1. The predicted octanol–water partition coefficient (Wildman–Crippen LogP) is 12.7. The van der Waals surface area contributed by atoms with E-state index in [1.165, 1.54) is 32.6 Å². The van der Waals surface area contributed by atoms with Crippen molar-refractivity contribution in [2.75, 3.05) is 0 Å². The van der Waals surface area contributed by atoms with Crippen LogP contribution in [0.4, 0.5) is 0 Å². The van der Waals surface area contributed by atoms with E-state index in [1.54, 1.807) is 0 Å². The lowest BCUT2D eigenvalue weighted by atomic mass is 9.87. The second-order valence-corrected chi connectivity index (χ2v) is 29.6. The molecule has 0 aliphatic heterocycles. The summed E-state index contributed by atoms with van der Waals surface area (Å²) in [4.78, 5) is 0. The standard InChI is InChI=1S/C58H66Si2/c1-55(2,3)49-29-19-43(20-30-49)17-27-47-41-54(60(15,16)40-38-46-25-35-52(36-26-46)58(10,11)12)48(28-18-44-21-31-50(32-22-44)56(4,5)6)42-53(47)59(13,14)39-37-45-23-33-51(34-24-45)57(7,8)9/h19-26,29-36,41-42H,1-16H3. The zero-order valence-electron chi connectivity index (χ0n) is 39.4. The number of benzene rings is 5. The molecule has 306 valence electrons. The summed E-state index contributed by atoms with van der Waals surface area (Å²) >= 11 is 0. The van der Waals surface area contributed by atoms with Crippen LogP contribution >= 0.6 is 0 Å². The minimum atomic E-state index is -2.42. The molecule has 0 heterocycles.